The topological polar surface area (TPSA) is 41.6 Å². The van der Waals surface area contributed by atoms with Crippen molar-refractivity contribution in [1.82, 2.24) is 4.90 Å². The van der Waals surface area contributed by atoms with E-state index in [1.165, 1.54) is 0 Å². The van der Waals surface area contributed by atoms with Gasteiger partial charge in [-0.1, -0.05) is 12.2 Å². The van der Waals surface area contributed by atoms with Crippen LogP contribution in [-0.4, -0.2) is 37.0 Å². The Morgan fingerprint density at radius 1 is 1.25 bits per heavy atom. The van der Waals surface area contributed by atoms with Crippen molar-refractivity contribution in [2.75, 3.05) is 31.6 Å². The standard InChI is InChI=1S/C16H22N2O2/c1-4-11-18(12-5-2)13-16(19)17-14-7-9-15(10-8-14)20-6-3/h4-5,7-10H,1-2,6,11-13H2,3H3,(H,17,19). The summed E-state index contributed by atoms with van der Waals surface area (Å²) in [5.41, 5.74) is 0.760. The maximum absolute atomic E-state index is 11.9. The van der Waals surface area contributed by atoms with E-state index in [1.54, 1.807) is 12.2 Å². The Labute approximate surface area is 120 Å². The molecule has 1 aromatic carbocycles. The molecule has 0 bridgehead atoms. The first-order chi connectivity index (χ1) is 9.69. The van der Waals surface area contributed by atoms with Crippen LogP contribution in [0.25, 0.3) is 0 Å². The van der Waals surface area contributed by atoms with E-state index in [1.807, 2.05) is 36.1 Å². The molecule has 0 saturated carbocycles. The predicted octanol–water partition coefficient (Wildman–Crippen LogP) is 2.70. The van der Waals surface area contributed by atoms with Crippen LogP contribution in [-0.2, 0) is 4.79 Å². The molecule has 1 amide bonds. The van der Waals surface area contributed by atoms with Gasteiger partial charge in [0.2, 0.25) is 5.91 Å². The third-order valence-electron chi connectivity index (χ3n) is 2.59. The van der Waals surface area contributed by atoms with Crippen LogP contribution in [0.1, 0.15) is 6.92 Å². The normalized spacial score (nSPS) is 10.1. The zero-order valence-electron chi connectivity index (χ0n) is 12.0. The lowest BCUT2D eigenvalue weighted by Crippen LogP contribution is -2.33. The summed E-state index contributed by atoms with van der Waals surface area (Å²) in [6, 6.07) is 7.33. The summed E-state index contributed by atoms with van der Waals surface area (Å²) in [6.07, 6.45) is 3.54. The Morgan fingerprint density at radius 2 is 1.85 bits per heavy atom. The molecule has 1 aromatic rings. The Kier molecular flexibility index (Phi) is 7.14. The van der Waals surface area contributed by atoms with Gasteiger partial charge in [0.05, 0.1) is 13.2 Å². The zero-order chi connectivity index (χ0) is 14.8. The van der Waals surface area contributed by atoms with Gasteiger partial charge in [-0.2, -0.15) is 0 Å². The average molecular weight is 274 g/mol. The molecule has 1 N–H and O–H groups in total. The summed E-state index contributed by atoms with van der Waals surface area (Å²) in [5, 5.41) is 2.85. The molecule has 4 nitrogen and oxygen atoms in total. The van der Waals surface area contributed by atoms with Gasteiger partial charge in [-0.15, -0.1) is 13.2 Å². The number of ether oxygens (including phenoxy) is 1. The number of rotatable bonds is 9. The molecule has 0 unspecified atom stereocenters. The lowest BCUT2D eigenvalue weighted by Gasteiger charge is -2.18. The van der Waals surface area contributed by atoms with Gasteiger partial charge in [0.1, 0.15) is 5.75 Å². The van der Waals surface area contributed by atoms with E-state index >= 15 is 0 Å². The fourth-order valence-corrected chi connectivity index (χ4v) is 1.77. The van der Waals surface area contributed by atoms with Crippen molar-refractivity contribution in [3.63, 3.8) is 0 Å². The van der Waals surface area contributed by atoms with Crippen LogP contribution >= 0.6 is 0 Å². The molecule has 0 radical (unpaired) electrons. The first kappa shape index (κ1) is 16.0. The number of carbonyl (C=O) groups excluding carboxylic acids is 1. The van der Waals surface area contributed by atoms with Gasteiger partial charge >= 0.3 is 0 Å². The number of hydrogen-bond acceptors (Lipinski definition) is 3. The van der Waals surface area contributed by atoms with Crippen LogP contribution in [0, 0.1) is 0 Å². The van der Waals surface area contributed by atoms with Crippen LogP contribution in [0.5, 0.6) is 5.75 Å². The molecular formula is C16H22N2O2. The van der Waals surface area contributed by atoms with E-state index in [9.17, 15) is 4.79 Å². The number of hydrogen-bond donors (Lipinski definition) is 1. The summed E-state index contributed by atoms with van der Waals surface area (Å²) in [7, 11) is 0. The minimum atomic E-state index is -0.0575. The number of nitrogens with zero attached hydrogens (tertiary/aromatic N) is 1. The van der Waals surface area contributed by atoms with E-state index in [2.05, 4.69) is 18.5 Å². The highest BCUT2D eigenvalue weighted by molar-refractivity contribution is 5.92. The van der Waals surface area contributed by atoms with Crippen molar-refractivity contribution in [3.05, 3.63) is 49.6 Å². The molecule has 20 heavy (non-hydrogen) atoms. The second-order valence-electron chi connectivity index (χ2n) is 4.28. The third-order valence-corrected chi connectivity index (χ3v) is 2.59. The van der Waals surface area contributed by atoms with Crippen molar-refractivity contribution in [1.29, 1.82) is 0 Å². The van der Waals surface area contributed by atoms with Crippen LogP contribution < -0.4 is 10.1 Å². The quantitative estimate of drug-likeness (QED) is 0.704. The summed E-state index contributed by atoms with van der Waals surface area (Å²) in [6.45, 7) is 11.5. The Morgan fingerprint density at radius 3 is 2.35 bits per heavy atom. The molecule has 108 valence electrons. The maximum atomic E-state index is 11.9. The minimum Gasteiger partial charge on any atom is -0.494 e. The molecule has 0 saturated heterocycles. The molecule has 1 rings (SSSR count). The summed E-state index contributed by atoms with van der Waals surface area (Å²) < 4.78 is 5.35. The van der Waals surface area contributed by atoms with E-state index in [0.717, 1.165) is 11.4 Å². The van der Waals surface area contributed by atoms with Crippen molar-refractivity contribution in [3.8, 4) is 5.75 Å². The van der Waals surface area contributed by atoms with E-state index in [4.69, 9.17) is 4.74 Å². The summed E-state index contributed by atoms with van der Waals surface area (Å²) in [5.74, 6) is 0.739. The number of anilines is 1. The fourth-order valence-electron chi connectivity index (χ4n) is 1.77. The highest BCUT2D eigenvalue weighted by Gasteiger charge is 2.08. The SMILES string of the molecule is C=CCN(CC=C)CC(=O)Nc1ccc(OCC)cc1. The largest absolute Gasteiger partial charge is 0.494 e. The first-order valence-electron chi connectivity index (χ1n) is 6.66. The van der Waals surface area contributed by atoms with Gasteiger partial charge in [0, 0.05) is 18.8 Å². The number of nitrogens with one attached hydrogen (secondary N) is 1. The maximum Gasteiger partial charge on any atom is 0.238 e. The van der Waals surface area contributed by atoms with Gasteiger partial charge in [0.15, 0.2) is 0 Å². The lowest BCUT2D eigenvalue weighted by atomic mass is 10.3. The first-order valence-corrected chi connectivity index (χ1v) is 6.66. The summed E-state index contributed by atoms with van der Waals surface area (Å²) >= 11 is 0. The molecule has 0 aromatic heterocycles. The molecule has 0 heterocycles. The van der Waals surface area contributed by atoms with E-state index < -0.39 is 0 Å². The van der Waals surface area contributed by atoms with Crippen molar-refractivity contribution in [2.45, 2.75) is 6.92 Å². The molecule has 0 atom stereocenters. The van der Waals surface area contributed by atoms with Gasteiger partial charge in [-0.3, -0.25) is 9.69 Å². The Bertz CT molecular complexity index is 430. The smallest absolute Gasteiger partial charge is 0.238 e. The summed E-state index contributed by atoms with van der Waals surface area (Å²) in [4.78, 5) is 13.9. The predicted molar refractivity (Wildman–Crippen MR) is 83.1 cm³/mol. The molecule has 0 aliphatic carbocycles. The monoisotopic (exact) mass is 274 g/mol. The molecule has 4 heteroatoms. The van der Waals surface area contributed by atoms with E-state index in [0.29, 0.717) is 26.2 Å². The molecule has 0 aliphatic heterocycles. The molecular weight excluding hydrogens is 252 g/mol. The van der Waals surface area contributed by atoms with Crippen LogP contribution in [0.3, 0.4) is 0 Å². The Balaban J connectivity index is 2.51. The van der Waals surface area contributed by atoms with Crippen LogP contribution in [0.2, 0.25) is 0 Å². The number of amides is 1. The second kappa shape index (κ2) is 8.93. The van der Waals surface area contributed by atoms with Gasteiger partial charge in [-0.05, 0) is 31.2 Å². The van der Waals surface area contributed by atoms with Crippen molar-refractivity contribution >= 4 is 11.6 Å². The van der Waals surface area contributed by atoms with Gasteiger partial charge < -0.3 is 10.1 Å². The highest BCUT2D eigenvalue weighted by atomic mass is 16.5. The number of carbonyl (C=O) groups is 1. The van der Waals surface area contributed by atoms with Crippen molar-refractivity contribution in [2.24, 2.45) is 0 Å². The fraction of sp³-hybridized carbons (Fsp3) is 0.312. The zero-order valence-corrected chi connectivity index (χ0v) is 12.0. The van der Waals surface area contributed by atoms with Crippen LogP contribution in [0.15, 0.2) is 49.6 Å². The molecule has 0 spiro atoms. The van der Waals surface area contributed by atoms with E-state index in [-0.39, 0.29) is 5.91 Å². The second-order valence-corrected chi connectivity index (χ2v) is 4.28. The van der Waals surface area contributed by atoms with Crippen molar-refractivity contribution < 1.29 is 9.53 Å². The lowest BCUT2D eigenvalue weighted by molar-refractivity contribution is -0.117. The molecule has 0 aliphatic rings. The number of benzene rings is 1. The molecule has 0 fully saturated rings. The minimum absolute atomic E-state index is 0.0575. The van der Waals surface area contributed by atoms with Crippen LogP contribution in [0.4, 0.5) is 5.69 Å². The van der Waals surface area contributed by atoms with Gasteiger partial charge in [0.25, 0.3) is 0 Å². The van der Waals surface area contributed by atoms with Gasteiger partial charge in [-0.25, -0.2) is 0 Å². The average Bonchev–Trinajstić information content (AvgIpc) is 2.42. The third kappa shape index (κ3) is 5.71. The Hall–Kier alpha value is -2.07. The highest BCUT2D eigenvalue weighted by Crippen LogP contribution is 2.15.